The average Bonchev–Trinajstić information content (AvgIpc) is 2.95. The van der Waals surface area contributed by atoms with Gasteiger partial charge in [0.1, 0.15) is 0 Å². The van der Waals surface area contributed by atoms with Crippen molar-refractivity contribution in [2.24, 2.45) is 27.2 Å². The van der Waals surface area contributed by atoms with E-state index in [9.17, 15) is 4.57 Å². The van der Waals surface area contributed by atoms with Crippen molar-refractivity contribution < 1.29 is 13.6 Å². The van der Waals surface area contributed by atoms with Gasteiger partial charge in [-0.3, -0.25) is 4.57 Å². The van der Waals surface area contributed by atoms with Crippen LogP contribution in [0.5, 0.6) is 0 Å². The number of nitrogens with one attached hydrogen (secondary N) is 1. The summed E-state index contributed by atoms with van der Waals surface area (Å²) in [7, 11) is -3.46. The van der Waals surface area contributed by atoms with Gasteiger partial charge in [-0.25, -0.2) is 4.99 Å². The Bertz CT molecular complexity index is 815. The Hall–Kier alpha value is -2.35. The third-order valence-electron chi connectivity index (χ3n) is 3.02. The minimum absolute atomic E-state index is 0.114. The molecule has 2 rings (SSSR count). The molecule has 0 aliphatic heterocycles. The Labute approximate surface area is 139 Å². The molecule has 1 aromatic heterocycles. The Morgan fingerprint density at radius 2 is 1.88 bits per heavy atom. The van der Waals surface area contributed by atoms with Gasteiger partial charge in [0.15, 0.2) is 5.96 Å². The number of nitrogens with two attached hydrogens (primary N) is 3. The highest BCUT2D eigenvalue weighted by Crippen LogP contribution is 2.48. The lowest BCUT2D eigenvalue weighted by Gasteiger charge is -2.17. The summed E-state index contributed by atoms with van der Waals surface area (Å²) in [6, 6.07) is 5.11. The molecule has 0 saturated heterocycles. The number of aliphatic imine (C=N–C) groups is 2. The summed E-state index contributed by atoms with van der Waals surface area (Å²) in [4.78, 5) is 10.9. The molecule has 1 aromatic carbocycles. The van der Waals surface area contributed by atoms with Gasteiger partial charge in [0.05, 0.1) is 24.2 Å². The zero-order valence-corrected chi connectivity index (χ0v) is 14.4. The van der Waals surface area contributed by atoms with Crippen molar-refractivity contribution in [1.82, 2.24) is 4.98 Å². The van der Waals surface area contributed by atoms with Crippen molar-refractivity contribution in [3.05, 3.63) is 24.4 Å². The second-order valence-electron chi connectivity index (χ2n) is 4.74. The standard InChI is InChI=1S/C14H21N6O3P/c1-3-22-24(21,23-4-2)9-7-11-10(5-6-18-11)12(8-9)19-14(17)20-13(15)16/h5-8,18H,3-4H2,1-2H3,(H6,15,16,17,19,20). The third kappa shape index (κ3) is 3.94. The molecule has 0 atom stereocenters. The molecule has 0 spiro atoms. The van der Waals surface area contributed by atoms with Crippen LogP contribution in [0.15, 0.2) is 34.4 Å². The molecule has 10 heteroatoms. The van der Waals surface area contributed by atoms with Gasteiger partial charge in [-0.1, -0.05) is 0 Å². The highest BCUT2D eigenvalue weighted by molar-refractivity contribution is 7.62. The largest absolute Gasteiger partial charge is 0.370 e. The molecule has 130 valence electrons. The smallest absolute Gasteiger partial charge is 0.361 e. The van der Waals surface area contributed by atoms with E-state index < -0.39 is 7.60 Å². The lowest BCUT2D eigenvalue weighted by atomic mass is 10.2. The van der Waals surface area contributed by atoms with E-state index in [0.29, 0.717) is 16.5 Å². The summed E-state index contributed by atoms with van der Waals surface area (Å²) in [5, 5.41) is 1.14. The number of hydrogen-bond acceptors (Lipinski definition) is 4. The molecule has 9 nitrogen and oxygen atoms in total. The van der Waals surface area contributed by atoms with Crippen LogP contribution in [0.3, 0.4) is 0 Å². The monoisotopic (exact) mass is 352 g/mol. The zero-order valence-electron chi connectivity index (χ0n) is 13.5. The Morgan fingerprint density at radius 1 is 1.21 bits per heavy atom. The van der Waals surface area contributed by atoms with Crippen molar-refractivity contribution in [2.45, 2.75) is 13.8 Å². The van der Waals surface area contributed by atoms with E-state index in [4.69, 9.17) is 26.2 Å². The van der Waals surface area contributed by atoms with Gasteiger partial charge in [0, 0.05) is 17.1 Å². The van der Waals surface area contributed by atoms with Gasteiger partial charge in [-0.15, -0.1) is 0 Å². The molecular weight excluding hydrogens is 331 g/mol. The van der Waals surface area contributed by atoms with Crippen LogP contribution < -0.4 is 22.5 Å². The maximum atomic E-state index is 13.0. The van der Waals surface area contributed by atoms with E-state index in [0.717, 1.165) is 5.39 Å². The molecule has 0 bridgehead atoms. The number of fused-ring (bicyclic) bond motifs is 1. The Morgan fingerprint density at radius 3 is 2.46 bits per heavy atom. The summed E-state index contributed by atoms with van der Waals surface area (Å²) in [6.45, 7) is 3.98. The van der Waals surface area contributed by atoms with Gasteiger partial charge < -0.3 is 31.2 Å². The summed E-state index contributed by atoms with van der Waals surface area (Å²) in [6.07, 6.45) is 1.73. The minimum atomic E-state index is -3.46. The molecule has 0 radical (unpaired) electrons. The number of guanidine groups is 2. The van der Waals surface area contributed by atoms with Crippen LogP contribution >= 0.6 is 7.60 Å². The minimum Gasteiger partial charge on any atom is -0.370 e. The van der Waals surface area contributed by atoms with Crippen molar-refractivity contribution in [1.29, 1.82) is 0 Å². The molecule has 0 aliphatic rings. The van der Waals surface area contributed by atoms with Gasteiger partial charge in [-0.05, 0) is 32.0 Å². The highest BCUT2D eigenvalue weighted by Gasteiger charge is 2.28. The van der Waals surface area contributed by atoms with E-state index in [1.807, 2.05) is 6.07 Å². The zero-order chi connectivity index (χ0) is 17.7. The topological polar surface area (TPSA) is 154 Å². The van der Waals surface area contributed by atoms with Gasteiger partial charge in [0.25, 0.3) is 0 Å². The second-order valence-corrected chi connectivity index (χ2v) is 6.77. The molecule has 24 heavy (non-hydrogen) atoms. The summed E-state index contributed by atoms with van der Waals surface area (Å²) in [5.74, 6) is -0.315. The first-order valence-corrected chi connectivity index (χ1v) is 8.88. The van der Waals surface area contributed by atoms with Crippen molar-refractivity contribution in [3.8, 4) is 0 Å². The number of aromatic amines is 1. The van der Waals surface area contributed by atoms with Gasteiger partial charge in [-0.2, -0.15) is 4.99 Å². The number of nitrogens with zero attached hydrogens (tertiary/aromatic N) is 2. The predicted molar refractivity (Wildman–Crippen MR) is 95.9 cm³/mol. The maximum Gasteiger partial charge on any atom is 0.361 e. The first-order chi connectivity index (χ1) is 11.4. The molecule has 2 aromatic rings. The van der Waals surface area contributed by atoms with E-state index in [-0.39, 0.29) is 25.1 Å². The molecule has 0 unspecified atom stereocenters. The number of rotatable bonds is 6. The molecule has 0 saturated carbocycles. The van der Waals surface area contributed by atoms with E-state index in [2.05, 4.69) is 15.0 Å². The number of hydrogen-bond donors (Lipinski definition) is 4. The maximum absolute atomic E-state index is 13.0. The fourth-order valence-corrected chi connectivity index (χ4v) is 3.81. The summed E-state index contributed by atoms with van der Waals surface area (Å²) in [5.41, 5.74) is 17.5. The van der Waals surface area contributed by atoms with Crippen LogP contribution in [-0.2, 0) is 13.6 Å². The molecular formula is C14H21N6O3P. The van der Waals surface area contributed by atoms with Crippen LogP contribution in [0.25, 0.3) is 10.9 Å². The quantitative estimate of drug-likeness (QED) is 0.349. The van der Waals surface area contributed by atoms with Crippen LogP contribution in [0.2, 0.25) is 0 Å². The number of H-pyrrole nitrogens is 1. The molecule has 1 heterocycles. The predicted octanol–water partition coefficient (Wildman–Crippen LogP) is 1.28. The SMILES string of the molecule is CCOP(=O)(OCC)c1cc(N=C(N)N=C(N)N)c2cc[nH]c2c1. The van der Waals surface area contributed by atoms with Gasteiger partial charge in [0.2, 0.25) is 5.96 Å². The number of benzene rings is 1. The lowest BCUT2D eigenvalue weighted by molar-refractivity contribution is 0.230. The first-order valence-electron chi connectivity index (χ1n) is 7.34. The summed E-state index contributed by atoms with van der Waals surface area (Å²) < 4.78 is 23.7. The molecule has 0 fully saturated rings. The fourth-order valence-electron chi connectivity index (χ4n) is 2.19. The van der Waals surface area contributed by atoms with Crippen LogP contribution in [0, 0.1) is 0 Å². The molecule has 7 N–H and O–H groups in total. The summed E-state index contributed by atoms with van der Waals surface area (Å²) >= 11 is 0. The third-order valence-corrected chi connectivity index (χ3v) is 5.11. The second kappa shape index (κ2) is 7.48. The first kappa shape index (κ1) is 18.0. The average molecular weight is 352 g/mol. The highest BCUT2D eigenvalue weighted by atomic mass is 31.2. The van der Waals surface area contributed by atoms with Crippen molar-refractivity contribution >= 4 is 41.4 Å². The van der Waals surface area contributed by atoms with Crippen molar-refractivity contribution in [2.75, 3.05) is 13.2 Å². The van der Waals surface area contributed by atoms with E-state index in [1.54, 1.807) is 32.2 Å². The van der Waals surface area contributed by atoms with Crippen LogP contribution in [0.1, 0.15) is 13.8 Å². The number of aromatic nitrogens is 1. The van der Waals surface area contributed by atoms with Crippen LogP contribution in [-0.4, -0.2) is 30.1 Å². The normalized spacial score (nSPS) is 12.5. The van der Waals surface area contributed by atoms with E-state index >= 15 is 0 Å². The Balaban J connectivity index is 2.62. The van der Waals surface area contributed by atoms with Crippen LogP contribution in [0.4, 0.5) is 5.69 Å². The van der Waals surface area contributed by atoms with Crippen molar-refractivity contribution in [3.63, 3.8) is 0 Å². The fraction of sp³-hybridized carbons (Fsp3) is 0.286. The molecule has 0 amide bonds. The lowest BCUT2D eigenvalue weighted by Crippen LogP contribution is -2.26. The van der Waals surface area contributed by atoms with E-state index in [1.165, 1.54) is 0 Å². The van der Waals surface area contributed by atoms with Gasteiger partial charge >= 0.3 is 7.60 Å². The molecule has 0 aliphatic carbocycles. The Kier molecular flexibility index (Phi) is 5.61.